The number of ether oxygens (including phenoxy) is 1. The maximum atomic E-state index is 12.2. The van der Waals surface area contributed by atoms with E-state index in [1.165, 1.54) is 0 Å². The summed E-state index contributed by atoms with van der Waals surface area (Å²) in [6.45, 7) is 3.27. The highest BCUT2D eigenvalue weighted by molar-refractivity contribution is 5.96. The Labute approximate surface area is 118 Å². The predicted molar refractivity (Wildman–Crippen MR) is 74.6 cm³/mol. The minimum atomic E-state index is -1.11. The molecule has 0 fully saturated rings. The average molecular weight is 275 g/mol. The number of nitrogens with zero attached hydrogens (tertiary/aromatic N) is 1. The molecule has 1 aromatic carbocycles. The lowest BCUT2D eigenvalue weighted by atomic mass is 10.2. The summed E-state index contributed by atoms with van der Waals surface area (Å²) in [5, 5.41) is 8.79. The molecule has 0 aliphatic rings. The van der Waals surface area contributed by atoms with Crippen molar-refractivity contribution in [2.45, 2.75) is 20.0 Å². The van der Waals surface area contributed by atoms with Crippen LogP contribution >= 0.6 is 0 Å². The standard InChI is InChI=1S/C15H17NO4/c1-4-8-16(10-14(17)18)15(19)12-6-5-7-13(9-12)20-11(2)3/h1,5-7,9,11H,8,10H2,2-3H3,(H,17,18). The molecule has 0 aliphatic heterocycles. The van der Waals surface area contributed by atoms with Gasteiger partial charge < -0.3 is 14.7 Å². The smallest absolute Gasteiger partial charge is 0.323 e. The number of benzene rings is 1. The second-order valence-corrected chi connectivity index (χ2v) is 4.45. The van der Waals surface area contributed by atoms with Crippen LogP contribution < -0.4 is 4.74 Å². The van der Waals surface area contributed by atoms with E-state index in [2.05, 4.69) is 5.92 Å². The summed E-state index contributed by atoms with van der Waals surface area (Å²) >= 11 is 0. The van der Waals surface area contributed by atoms with Crippen molar-refractivity contribution in [1.29, 1.82) is 0 Å². The van der Waals surface area contributed by atoms with Crippen molar-refractivity contribution < 1.29 is 19.4 Å². The number of aliphatic carboxylic acids is 1. The van der Waals surface area contributed by atoms with Crippen molar-refractivity contribution in [3.05, 3.63) is 29.8 Å². The van der Waals surface area contributed by atoms with Gasteiger partial charge in [0.2, 0.25) is 0 Å². The molecule has 1 rings (SSSR count). The van der Waals surface area contributed by atoms with E-state index in [-0.39, 0.29) is 12.6 Å². The van der Waals surface area contributed by atoms with E-state index < -0.39 is 18.4 Å². The summed E-state index contributed by atoms with van der Waals surface area (Å²) in [6.07, 6.45) is 5.14. The van der Waals surface area contributed by atoms with Crippen LogP contribution in [0.3, 0.4) is 0 Å². The van der Waals surface area contributed by atoms with Gasteiger partial charge >= 0.3 is 5.97 Å². The van der Waals surface area contributed by atoms with Gasteiger partial charge in [-0.15, -0.1) is 6.42 Å². The van der Waals surface area contributed by atoms with E-state index >= 15 is 0 Å². The van der Waals surface area contributed by atoms with Crippen LogP contribution in [0.25, 0.3) is 0 Å². The normalized spacial score (nSPS) is 9.90. The lowest BCUT2D eigenvalue weighted by Crippen LogP contribution is -2.36. The first-order valence-electron chi connectivity index (χ1n) is 6.15. The number of terminal acetylenes is 1. The third-order valence-electron chi connectivity index (χ3n) is 2.35. The fourth-order valence-corrected chi connectivity index (χ4v) is 1.63. The molecule has 0 heterocycles. The van der Waals surface area contributed by atoms with Crippen molar-refractivity contribution in [2.75, 3.05) is 13.1 Å². The zero-order chi connectivity index (χ0) is 15.1. The second-order valence-electron chi connectivity index (χ2n) is 4.45. The molecule has 0 bridgehead atoms. The lowest BCUT2D eigenvalue weighted by Gasteiger charge is -2.18. The van der Waals surface area contributed by atoms with Crippen LogP contribution in [0.1, 0.15) is 24.2 Å². The first kappa shape index (κ1) is 15.6. The molecule has 20 heavy (non-hydrogen) atoms. The van der Waals surface area contributed by atoms with Gasteiger partial charge in [-0.05, 0) is 32.0 Å². The summed E-state index contributed by atoms with van der Waals surface area (Å²) in [5.74, 6) is 1.30. The summed E-state index contributed by atoms with van der Waals surface area (Å²) in [6, 6.07) is 6.59. The van der Waals surface area contributed by atoms with Crippen LogP contribution in [-0.4, -0.2) is 41.1 Å². The van der Waals surface area contributed by atoms with Crippen LogP contribution in [0.4, 0.5) is 0 Å². The number of hydrogen-bond acceptors (Lipinski definition) is 3. The van der Waals surface area contributed by atoms with Crippen molar-refractivity contribution >= 4 is 11.9 Å². The number of carboxylic acid groups (broad SMARTS) is 1. The van der Waals surface area contributed by atoms with Gasteiger partial charge in [0.05, 0.1) is 12.6 Å². The molecule has 0 saturated carbocycles. The fraction of sp³-hybridized carbons (Fsp3) is 0.333. The van der Waals surface area contributed by atoms with Crippen LogP contribution in [0.5, 0.6) is 5.75 Å². The molecule has 0 atom stereocenters. The molecule has 0 spiro atoms. The monoisotopic (exact) mass is 275 g/mol. The largest absolute Gasteiger partial charge is 0.491 e. The quantitative estimate of drug-likeness (QED) is 0.801. The minimum absolute atomic E-state index is 0.0128. The summed E-state index contributed by atoms with van der Waals surface area (Å²) in [4.78, 5) is 24.1. The van der Waals surface area contributed by atoms with E-state index in [0.29, 0.717) is 11.3 Å². The third-order valence-corrected chi connectivity index (χ3v) is 2.35. The molecule has 1 aromatic rings. The Morgan fingerprint density at radius 3 is 2.70 bits per heavy atom. The van der Waals surface area contributed by atoms with Gasteiger partial charge in [0, 0.05) is 5.56 Å². The highest BCUT2D eigenvalue weighted by Crippen LogP contribution is 2.16. The van der Waals surface area contributed by atoms with Gasteiger partial charge in [0.15, 0.2) is 0 Å². The molecule has 0 saturated heterocycles. The molecule has 106 valence electrons. The van der Waals surface area contributed by atoms with E-state index in [0.717, 1.165) is 4.90 Å². The highest BCUT2D eigenvalue weighted by Gasteiger charge is 2.18. The summed E-state index contributed by atoms with van der Waals surface area (Å²) < 4.78 is 5.50. The first-order chi connectivity index (χ1) is 9.43. The van der Waals surface area contributed by atoms with Crippen molar-refractivity contribution in [3.63, 3.8) is 0 Å². The van der Waals surface area contributed by atoms with Crippen molar-refractivity contribution in [3.8, 4) is 18.1 Å². The average Bonchev–Trinajstić information content (AvgIpc) is 2.36. The number of carbonyl (C=O) groups is 2. The number of carbonyl (C=O) groups excluding carboxylic acids is 1. The van der Waals surface area contributed by atoms with Crippen molar-refractivity contribution in [1.82, 2.24) is 4.90 Å². The number of rotatable bonds is 6. The van der Waals surface area contributed by atoms with E-state index in [9.17, 15) is 9.59 Å². The number of amides is 1. The van der Waals surface area contributed by atoms with Crippen LogP contribution in [-0.2, 0) is 4.79 Å². The Morgan fingerprint density at radius 2 is 2.15 bits per heavy atom. The Kier molecular flexibility index (Phi) is 5.60. The Bertz CT molecular complexity index is 531. The number of hydrogen-bond donors (Lipinski definition) is 1. The molecule has 5 nitrogen and oxygen atoms in total. The van der Waals surface area contributed by atoms with E-state index in [1.54, 1.807) is 24.3 Å². The molecule has 1 amide bonds. The Balaban J connectivity index is 2.94. The van der Waals surface area contributed by atoms with E-state index in [1.807, 2.05) is 13.8 Å². The molecule has 5 heteroatoms. The summed E-state index contributed by atoms with van der Waals surface area (Å²) in [5.41, 5.74) is 0.347. The predicted octanol–water partition coefficient (Wildman–Crippen LogP) is 1.63. The maximum Gasteiger partial charge on any atom is 0.323 e. The summed E-state index contributed by atoms with van der Waals surface area (Å²) in [7, 11) is 0. The van der Waals surface area contributed by atoms with Gasteiger partial charge in [-0.3, -0.25) is 9.59 Å². The third kappa shape index (κ3) is 4.65. The Morgan fingerprint density at radius 1 is 1.45 bits per heavy atom. The van der Waals surface area contributed by atoms with Gasteiger partial charge in [-0.2, -0.15) is 0 Å². The zero-order valence-corrected chi connectivity index (χ0v) is 11.5. The minimum Gasteiger partial charge on any atom is -0.491 e. The molecule has 0 aliphatic carbocycles. The fourth-order valence-electron chi connectivity index (χ4n) is 1.63. The molecule has 1 N–H and O–H groups in total. The molecule has 0 unspecified atom stereocenters. The van der Waals surface area contributed by atoms with Gasteiger partial charge in [0.1, 0.15) is 12.3 Å². The molecule has 0 aromatic heterocycles. The topological polar surface area (TPSA) is 66.8 Å². The highest BCUT2D eigenvalue weighted by atomic mass is 16.5. The lowest BCUT2D eigenvalue weighted by molar-refractivity contribution is -0.137. The van der Waals surface area contributed by atoms with Gasteiger partial charge in [-0.1, -0.05) is 12.0 Å². The maximum absolute atomic E-state index is 12.2. The molecular formula is C15H17NO4. The molecular weight excluding hydrogens is 258 g/mol. The van der Waals surface area contributed by atoms with E-state index in [4.69, 9.17) is 16.3 Å². The van der Waals surface area contributed by atoms with Crippen molar-refractivity contribution in [2.24, 2.45) is 0 Å². The zero-order valence-electron chi connectivity index (χ0n) is 11.5. The van der Waals surface area contributed by atoms with Crippen LogP contribution in [0.2, 0.25) is 0 Å². The van der Waals surface area contributed by atoms with Gasteiger partial charge in [-0.25, -0.2) is 0 Å². The Hall–Kier alpha value is -2.48. The SMILES string of the molecule is C#CCN(CC(=O)O)C(=O)c1cccc(OC(C)C)c1. The van der Waals surface area contributed by atoms with Gasteiger partial charge in [0.25, 0.3) is 5.91 Å². The van der Waals surface area contributed by atoms with Crippen LogP contribution in [0.15, 0.2) is 24.3 Å². The molecule has 0 radical (unpaired) electrons. The second kappa shape index (κ2) is 7.19. The van der Waals surface area contributed by atoms with Crippen LogP contribution in [0, 0.1) is 12.3 Å². The first-order valence-corrected chi connectivity index (χ1v) is 6.15. The number of carboxylic acids is 1.